The maximum Gasteiger partial charge on any atom is 0.330 e. The van der Waals surface area contributed by atoms with Crippen molar-refractivity contribution in [2.24, 2.45) is 0 Å². The van der Waals surface area contributed by atoms with Crippen LogP contribution < -0.4 is 10.1 Å². The molecule has 0 saturated heterocycles. The minimum atomic E-state index is -1.07. The highest BCUT2D eigenvalue weighted by atomic mass is 16.5. The summed E-state index contributed by atoms with van der Waals surface area (Å²) in [5.74, 6) is -0.547. The molecule has 0 aliphatic carbocycles. The maximum atomic E-state index is 12.3. The van der Waals surface area contributed by atoms with E-state index < -0.39 is 12.0 Å². The molecule has 2 N–H and O–H groups in total. The molecule has 1 aliphatic rings. The first-order valence-corrected chi connectivity index (χ1v) is 8.37. The Morgan fingerprint density at radius 3 is 2.80 bits per heavy atom. The van der Waals surface area contributed by atoms with Crippen LogP contribution in [0.1, 0.15) is 34.7 Å². The Balaban J connectivity index is 1.66. The van der Waals surface area contributed by atoms with E-state index in [0.717, 1.165) is 28.9 Å². The van der Waals surface area contributed by atoms with Gasteiger partial charge in [-0.1, -0.05) is 30.3 Å². The molecule has 0 spiro atoms. The zero-order valence-electron chi connectivity index (χ0n) is 14.1. The van der Waals surface area contributed by atoms with Gasteiger partial charge in [0, 0.05) is 12.8 Å². The van der Waals surface area contributed by atoms with Crippen LogP contribution in [0.15, 0.2) is 42.5 Å². The molecule has 0 bridgehead atoms. The Hall–Kier alpha value is -2.82. The highest BCUT2D eigenvalue weighted by molar-refractivity contribution is 5.84. The lowest BCUT2D eigenvalue weighted by Gasteiger charge is -2.16. The lowest BCUT2D eigenvalue weighted by atomic mass is 10.0. The van der Waals surface area contributed by atoms with Gasteiger partial charge in [-0.2, -0.15) is 0 Å². The predicted octanol–water partition coefficient (Wildman–Crippen LogP) is 2.80. The molecule has 2 aromatic rings. The van der Waals surface area contributed by atoms with Crippen LogP contribution in [0.5, 0.6) is 5.75 Å². The van der Waals surface area contributed by atoms with E-state index >= 15 is 0 Å². The number of fused-ring (bicyclic) bond motifs is 1. The van der Waals surface area contributed by atoms with Gasteiger partial charge >= 0.3 is 5.97 Å². The number of aliphatic carboxylic acids is 1. The van der Waals surface area contributed by atoms with Crippen molar-refractivity contribution < 1.29 is 19.4 Å². The van der Waals surface area contributed by atoms with E-state index in [2.05, 4.69) is 5.32 Å². The highest BCUT2D eigenvalue weighted by Gasteiger charge is 2.24. The second-order valence-electron chi connectivity index (χ2n) is 6.23. The molecule has 25 heavy (non-hydrogen) atoms. The summed E-state index contributed by atoms with van der Waals surface area (Å²) in [6.45, 7) is 2.61. The number of rotatable bonds is 6. The number of carboxylic acid groups (broad SMARTS) is 1. The van der Waals surface area contributed by atoms with E-state index in [4.69, 9.17) is 4.74 Å². The van der Waals surface area contributed by atoms with E-state index in [1.54, 1.807) is 12.1 Å². The summed E-state index contributed by atoms with van der Waals surface area (Å²) in [6.07, 6.45) is 1.60. The summed E-state index contributed by atoms with van der Waals surface area (Å²) in [6, 6.07) is 12.1. The van der Waals surface area contributed by atoms with Gasteiger partial charge < -0.3 is 15.2 Å². The van der Waals surface area contributed by atoms with Crippen molar-refractivity contribution in [2.75, 3.05) is 6.61 Å². The molecule has 130 valence electrons. The zero-order chi connectivity index (χ0) is 17.8. The number of hydrogen-bond donors (Lipinski definition) is 2. The fraction of sp³-hybridized carbons (Fsp3) is 0.300. The average Bonchev–Trinajstić information content (AvgIpc) is 3.06. The lowest BCUT2D eigenvalue weighted by Crippen LogP contribution is -2.33. The molecule has 1 atom stereocenters. The third-order valence-electron chi connectivity index (χ3n) is 4.48. The van der Waals surface area contributed by atoms with E-state index in [1.807, 2.05) is 37.3 Å². The first kappa shape index (κ1) is 17.0. The number of carboxylic acids is 1. The molecule has 1 unspecified atom stereocenters. The van der Waals surface area contributed by atoms with Gasteiger partial charge in [-0.15, -0.1) is 0 Å². The number of ether oxygens (including phenoxy) is 1. The first-order chi connectivity index (χ1) is 12.0. The highest BCUT2D eigenvalue weighted by Crippen LogP contribution is 2.28. The smallest absolute Gasteiger partial charge is 0.330 e. The second kappa shape index (κ2) is 7.38. The number of carbonyl (C=O) groups excluding carboxylic acids is 1. The standard InChI is InChI=1S/C20H21NO4/c1-13-4-2-3-5-14(13)7-9-18(22)21-19(20(23)24)16-6-8-17-15(12-16)10-11-25-17/h2-6,8,12,19H,7,9-11H2,1H3,(H,21,22)(H,23,24). The zero-order valence-corrected chi connectivity index (χ0v) is 14.1. The van der Waals surface area contributed by atoms with Crippen LogP contribution in [-0.2, 0) is 22.4 Å². The predicted molar refractivity (Wildman–Crippen MR) is 93.7 cm³/mol. The van der Waals surface area contributed by atoms with Crippen molar-refractivity contribution in [3.8, 4) is 5.75 Å². The van der Waals surface area contributed by atoms with Crippen LogP contribution in [-0.4, -0.2) is 23.6 Å². The van der Waals surface area contributed by atoms with Crippen molar-refractivity contribution >= 4 is 11.9 Å². The molecule has 1 amide bonds. The SMILES string of the molecule is Cc1ccccc1CCC(=O)NC(C(=O)O)c1ccc2c(c1)CCO2. The van der Waals surface area contributed by atoms with Crippen molar-refractivity contribution in [1.29, 1.82) is 0 Å². The molecule has 5 heteroatoms. The van der Waals surface area contributed by atoms with Crippen molar-refractivity contribution in [2.45, 2.75) is 32.2 Å². The van der Waals surface area contributed by atoms with Crippen LogP contribution in [0.25, 0.3) is 0 Å². The minimum absolute atomic E-state index is 0.253. The summed E-state index contributed by atoms with van der Waals surface area (Å²) in [4.78, 5) is 23.9. The Labute approximate surface area is 146 Å². The Morgan fingerprint density at radius 1 is 1.24 bits per heavy atom. The molecule has 2 aromatic carbocycles. The summed E-state index contributed by atoms with van der Waals surface area (Å²) in [5.41, 5.74) is 3.78. The number of carbonyl (C=O) groups is 2. The van der Waals surface area contributed by atoms with Crippen LogP contribution in [0.4, 0.5) is 0 Å². The van der Waals surface area contributed by atoms with Gasteiger partial charge in [-0.25, -0.2) is 4.79 Å². The molecule has 0 aromatic heterocycles. The second-order valence-corrected chi connectivity index (χ2v) is 6.23. The number of aryl methyl sites for hydroxylation is 2. The molecular weight excluding hydrogens is 318 g/mol. The van der Waals surface area contributed by atoms with Gasteiger partial charge in [0.1, 0.15) is 5.75 Å². The summed E-state index contributed by atoms with van der Waals surface area (Å²) in [7, 11) is 0. The molecule has 5 nitrogen and oxygen atoms in total. The Bertz CT molecular complexity index is 800. The van der Waals surface area contributed by atoms with E-state index in [-0.39, 0.29) is 12.3 Å². The maximum absolute atomic E-state index is 12.3. The van der Waals surface area contributed by atoms with Crippen molar-refractivity contribution in [1.82, 2.24) is 5.32 Å². The lowest BCUT2D eigenvalue weighted by molar-refractivity contribution is -0.142. The Kier molecular flexibility index (Phi) is 5.03. The Morgan fingerprint density at radius 2 is 2.04 bits per heavy atom. The largest absolute Gasteiger partial charge is 0.493 e. The van der Waals surface area contributed by atoms with Crippen molar-refractivity contribution in [3.05, 3.63) is 64.7 Å². The summed E-state index contributed by atoms with van der Waals surface area (Å²) >= 11 is 0. The quantitative estimate of drug-likeness (QED) is 0.848. The van der Waals surface area contributed by atoms with E-state index in [9.17, 15) is 14.7 Å². The van der Waals surface area contributed by atoms with Gasteiger partial charge in [0.05, 0.1) is 6.61 Å². The molecular formula is C20H21NO4. The van der Waals surface area contributed by atoms with E-state index in [0.29, 0.717) is 18.6 Å². The number of amides is 1. The molecule has 1 aliphatic heterocycles. The van der Waals surface area contributed by atoms with Crippen LogP contribution >= 0.6 is 0 Å². The molecule has 0 fully saturated rings. The van der Waals surface area contributed by atoms with Crippen LogP contribution in [0.2, 0.25) is 0 Å². The normalized spacial score (nSPS) is 13.6. The van der Waals surface area contributed by atoms with Crippen LogP contribution in [0.3, 0.4) is 0 Å². The van der Waals surface area contributed by atoms with Gasteiger partial charge in [0.2, 0.25) is 5.91 Å². The number of hydrogen-bond acceptors (Lipinski definition) is 3. The summed E-state index contributed by atoms with van der Waals surface area (Å²) in [5, 5.41) is 12.1. The molecule has 1 heterocycles. The number of nitrogens with one attached hydrogen (secondary N) is 1. The summed E-state index contributed by atoms with van der Waals surface area (Å²) < 4.78 is 5.44. The average molecular weight is 339 g/mol. The van der Waals surface area contributed by atoms with Crippen LogP contribution in [0, 0.1) is 6.92 Å². The van der Waals surface area contributed by atoms with Gasteiger partial charge in [0.25, 0.3) is 0 Å². The first-order valence-electron chi connectivity index (χ1n) is 8.37. The third kappa shape index (κ3) is 3.99. The fourth-order valence-electron chi connectivity index (χ4n) is 3.05. The molecule has 3 rings (SSSR count). The van der Waals surface area contributed by atoms with Crippen molar-refractivity contribution in [3.63, 3.8) is 0 Å². The minimum Gasteiger partial charge on any atom is -0.493 e. The van der Waals surface area contributed by atoms with E-state index in [1.165, 1.54) is 0 Å². The fourth-order valence-corrected chi connectivity index (χ4v) is 3.05. The molecule has 0 saturated carbocycles. The monoisotopic (exact) mass is 339 g/mol. The van der Waals surface area contributed by atoms with Gasteiger partial charge in [-0.05, 0) is 47.7 Å². The topological polar surface area (TPSA) is 75.6 Å². The molecule has 0 radical (unpaired) electrons. The number of benzene rings is 2. The van der Waals surface area contributed by atoms with Gasteiger partial charge in [0.15, 0.2) is 6.04 Å². The third-order valence-corrected chi connectivity index (χ3v) is 4.48. The van der Waals surface area contributed by atoms with Gasteiger partial charge in [-0.3, -0.25) is 4.79 Å².